The number of rotatable bonds is 8. The van der Waals surface area contributed by atoms with Crippen LogP contribution in [0.3, 0.4) is 0 Å². The lowest BCUT2D eigenvalue weighted by atomic mass is 9.92. The molecule has 1 aromatic heterocycles. The van der Waals surface area contributed by atoms with Gasteiger partial charge in [0.1, 0.15) is 6.04 Å². The van der Waals surface area contributed by atoms with E-state index in [9.17, 15) is 14.4 Å². The molecule has 3 aromatic carbocycles. The van der Waals surface area contributed by atoms with Gasteiger partial charge in [-0.15, -0.1) is 0 Å². The Hall–Kier alpha value is -4.63. The van der Waals surface area contributed by atoms with E-state index in [1.807, 2.05) is 79.9 Å². The molecule has 1 aliphatic rings. The highest BCUT2D eigenvalue weighted by molar-refractivity contribution is 5.98. The van der Waals surface area contributed by atoms with Crippen LogP contribution in [-0.4, -0.2) is 71.4 Å². The quantitative estimate of drug-likeness (QED) is 0.264. The number of nitrogens with zero attached hydrogens (tertiary/aromatic N) is 2. The van der Waals surface area contributed by atoms with Gasteiger partial charge in [-0.3, -0.25) is 9.59 Å². The number of aromatic amines is 1. The van der Waals surface area contributed by atoms with Crippen molar-refractivity contribution in [2.24, 2.45) is 5.73 Å². The number of nitrogens with one attached hydrogen (secondary N) is 3. The maximum absolute atomic E-state index is 13.7. The molecule has 0 unspecified atom stereocenters. The molecule has 9 nitrogen and oxygen atoms in total. The van der Waals surface area contributed by atoms with Crippen molar-refractivity contribution < 1.29 is 14.4 Å². The molecule has 0 saturated carbocycles. The first-order valence-electron chi connectivity index (χ1n) is 14.0. The van der Waals surface area contributed by atoms with E-state index in [0.29, 0.717) is 50.4 Å². The number of urea groups is 1. The SMILES string of the molecule is C[C@@H](c1c[nH]c2ccccc12)[C@@H](NC(=O)N1CCN(C(=O)c2ccccc2)CC1)C(=O)Nc1cccc(CCN)c1. The Morgan fingerprint density at radius 2 is 1.61 bits per heavy atom. The number of fused-ring (bicyclic) bond motifs is 1. The molecule has 2 heterocycles. The van der Waals surface area contributed by atoms with E-state index in [2.05, 4.69) is 15.6 Å². The van der Waals surface area contributed by atoms with Crippen LogP contribution in [0.15, 0.2) is 85.1 Å². The predicted octanol–water partition coefficient (Wildman–Crippen LogP) is 3.95. The Kier molecular flexibility index (Phi) is 8.64. The fourth-order valence-corrected chi connectivity index (χ4v) is 5.36. The van der Waals surface area contributed by atoms with Crippen LogP contribution in [-0.2, 0) is 11.2 Å². The largest absolute Gasteiger partial charge is 0.361 e. The zero-order valence-corrected chi connectivity index (χ0v) is 23.2. The molecule has 0 spiro atoms. The second-order valence-corrected chi connectivity index (χ2v) is 10.4. The van der Waals surface area contributed by atoms with Crippen molar-refractivity contribution in [3.8, 4) is 0 Å². The highest BCUT2D eigenvalue weighted by Crippen LogP contribution is 2.28. The van der Waals surface area contributed by atoms with Crippen molar-refractivity contribution in [1.29, 1.82) is 0 Å². The van der Waals surface area contributed by atoms with E-state index in [1.165, 1.54) is 0 Å². The summed E-state index contributed by atoms with van der Waals surface area (Å²) in [6.07, 6.45) is 2.60. The fourth-order valence-electron chi connectivity index (χ4n) is 5.36. The lowest BCUT2D eigenvalue weighted by molar-refractivity contribution is -0.118. The average molecular weight is 553 g/mol. The van der Waals surface area contributed by atoms with Crippen molar-refractivity contribution in [1.82, 2.24) is 20.1 Å². The van der Waals surface area contributed by atoms with Crippen LogP contribution in [0.4, 0.5) is 10.5 Å². The number of piperazine rings is 1. The Morgan fingerprint density at radius 1 is 0.902 bits per heavy atom. The minimum atomic E-state index is -0.844. The molecular weight excluding hydrogens is 516 g/mol. The summed E-state index contributed by atoms with van der Waals surface area (Å²) in [4.78, 5) is 46.8. The number of anilines is 1. The van der Waals surface area contributed by atoms with Gasteiger partial charge in [-0.1, -0.05) is 55.5 Å². The normalized spacial score (nSPS) is 14.9. The first-order chi connectivity index (χ1) is 19.9. The molecule has 9 heteroatoms. The molecular formula is C32H36N6O3. The minimum absolute atomic E-state index is 0.0484. The van der Waals surface area contributed by atoms with Gasteiger partial charge in [0.15, 0.2) is 0 Å². The van der Waals surface area contributed by atoms with E-state index in [4.69, 9.17) is 5.73 Å². The number of nitrogens with two attached hydrogens (primary N) is 1. The van der Waals surface area contributed by atoms with Crippen molar-refractivity contribution in [3.63, 3.8) is 0 Å². The third-order valence-corrected chi connectivity index (χ3v) is 7.68. The summed E-state index contributed by atoms with van der Waals surface area (Å²) in [5.74, 6) is -0.685. The zero-order chi connectivity index (χ0) is 28.8. The fraction of sp³-hybridized carbons (Fsp3) is 0.281. The van der Waals surface area contributed by atoms with Gasteiger partial charge in [0.2, 0.25) is 5.91 Å². The molecule has 0 radical (unpaired) electrons. The van der Waals surface area contributed by atoms with Crippen LogP contribution in [0, 0.1) is 0 Å². The predicted molar refractivity (Wildman–Crippen MR) is 161 cm³/mol. The van der Waals surface area contributed by atoms with Gasteiger partial charge in [0.25, 0.3) is 5.91 Å². The number of amides is 4. The van der Waals surface area contributed by atoms with Crippen molar-refractivity contribution >= 4 is 34.4 Å². The maximum Gasteiger partial charge on any atom is 0.318 e. The molecule has 1 fully saturated rings. The van der Waals surface area contributed by atoms with Crippen LogP contribution in [0.1, 0.15) is 34.3 Å². The van der Waals surface area contributed by atoms with Crippen LogP contribution >= 0.6 is 0 Å². The van der Waals surface area contributed by atoms with Gasteiger partial charge in [0.05, 0.1) is 0 Å². The molecule has 5 rings (SSSR count). The summed E-state index contributed by atoms with van der Waals surface area (Å²) in [5.41, 5.74) is 9.93. The highest BCUT2D eigenvalue weighted by atomic mass is 16.2. The van der Waals surface area contributed by atoms with Gasteiger partial charge in [-0.2, -0.15) is 0 Å². The van der Waals surface area contributed by atoms with Gasteiger partial charge in [0, 0.05) is 60.4 Å². The summed E-state index contributed by atoms with van der Waals surface area (Å²) in [6.45, 7) is 4.05. The summed E-state index contributed by atoms with van der Waals surface area (Å²) < 4.78 is 0. The summed E-state index contributed by atoms with van der Waals surface area (Å²) in [6, 6.07) is 23.5. The Bertz CT molecular complexity index is 1510. The Balaban J connectivity index is 1.32. The highest BCUT2D eigenvalue weighted by Gasteiger charge is 2.32. The van der Waals surface area contributed by atoms with Crippen LogP contribution < -0.4 is 16.4 Å². The van der Waals surface area contributed by atoms with E-state index in [0.717, 1.165) is 22.0 Å². The monoisotopic (exact) mass is 552 g/mol. The smallest absolute Gasteiger partial charge is 0.318 e. The number of benzene rings is 3. The Morgan fingerprint density at radius 3 is 2.37 bits per heavy atom. The molecule has 4 amide bonds. The van der Waals surface area contributed by atoms with E-state index in [1.54, 1.807) is 21.9 Å². The number of aromatic nitrogens is 1. The molecule has 5 N–H and O–H groups in total. The lowest BCUT2D eigenvalue weighted by Crippen LogP contribution is -2.57. The molecule has 41 heavy (non-hydrogen) atoms. The molecule has 1 aliphatic heterocycles. The van der Waals surface area contributed by atoms with Crippen LogP contribution in [0.5, 0.6) is 0 Å². The van der Waals surface area contributed by atoms with E-state index >= 15 is 0 Å². The summed E-state index contributed by atoms with van der Waals surface area (Å²) >= 11 is 0. The van der Waals surface area contributed by atoms with E-state index < -0.39 is 6.04 Å². The average Bonchev–Trinajstić information content (AvgIpc) is 3.44. The zero-order valence-electron chi connectivity index (χ0n) is 23.2. The van der Waals surface area contributed by atoms with Crippen molar-refractivity contribution in [2.75, 3.05) is 38.0 Å². The first kappa shape index (κ1) is 27.9. The third-order valence-electron chi connectivity index (χ3n) is 7.68. The second kappa shape index (κ2) is 12.7. The van der Waals surface area contributed by atoms with Gasteiger partial charge < -0.3 is 31.2 Å². The molecule has 2 atom stereocenters. The van der Waals surface area contributed by atoms with Gasteiger partial charge in [-0.25, -0.2) is 4.79 Å². The third kappa shape index (κ3) is 6.41. The maximum atomic E-state index is 13.7. The minimum Gasteiger partial charge on any atom is -0.361 e. The number of hydrogen-bond donors (Lipinski definition) is 4. The standard InChI is InChI=1S/C32H36N6O3/c1-22(27-21-34-28-13-6-5-12-26(27)28)29(30(39)35-25-11-7-8-23(20-25)14-15-33)36-32(41)38-18-16-37(17-19-38)31(40)24-9-3-2-4-10-24/h2-13,20-22,29,34H,14-19,33H2,1H3,(H,35,39)(H,36,41)/t22-,29+/m0/s1. The Labute approximate surface area is 239 Å². The number of H-pyrrole nitrogens is 1. The molecule has 0 aliphatic carbocycles. The molecule has 0 bridgehead atoms. The first-order valence-corrected chi connectivity index (χ1v) is 14.0. The van der Waals surface area contributed by atoms with Crippen LogP contribution in [0.2, 0.25) is 0 Å². The van der Waals surface area contributed by atoms with Gasteiger partial charge >= 0.3 is 6.03 Å². The van der Waals surface area contributed by atoms with Crippen LogP contribution in [0.25, 0.3) is 10.9 Å². The summed E-state index contributed by atoms with van der Waals surface area (Å²) in [7, 11) is 0. The molecule has 212 valence electrons. The van der Waals surface area contributed by atoms with Crippen molar-refractivity contribution in [2.45, 2.75) is 25.3 Å². The number of carbonyl (C=O) groups excluding carboxylic acids is 3. The molecule has 1 saturated heterocycles. The number of hydrogen-bond acceptors (Lipinski definition) is 4. The lowest BCUT2D eigenvalue weighted by Gasteiger charge is -2.36. The number of para-hydroxylation sites is 1. The number of carbonyl (C=O) groups is 3. The van der Waals surface area contributed by atoms with Gasteiger partial charge in [-0.05, 0) is 54.4 Å². The molecule has 4 aromatic rings. The van der Waals surface area contributed by atoms with Crippen molar-refractivity contribution in [3.05, 3.63) is 102 Å². The van der Waals surface area contributed by atoms with E-state index in [-0.39, 0.29) is 23.8 Å². The summed E-state index contributed by atoms with van der Waals surface area (Å²) in [5, 5.41) is 7.02. The topological polar surface area (TPSA) is 124 Å². The second-order valence-electron chi connectivity index (χ2n) is 10.4.